The summed E-state index contributed by atoms with van der Waals surface area (Å²) in [6.07, 6.45) is 4.88. The smallest absolute Gasteiger partial charge is 0.227 e. The number of benzene rings is 1. The summed E-state index contributed by atoms with van der Waals surface area (Å²) in [7, 11) is 0. The van der Waals surface area contributed by atoms with Crippen molar-refractivity contribution in [3.8, 4) is 6.07 Å². The first-order chi connectivity index (χ1) is 14.7. The van der Waals surface area contributed by atoms with Crippen LogP contribution in [0.2, 0.25) is 0 Å². The van der Waals surface area contributed by atoms with Crippen LogP contribution in [0.25, 0.3) is 11.2 Å². The zero-order valence-electron chi connectivity index (χ0n) is 17.9. The van der Waals surface area contributed by atoms with Gasteiger partial charge in [0.1, 0.15) is 0 Å². The van der Waals surface area contributed by atoms with E-state index in [0.29, 0.717) is 22.8 Å². The third-order valence-corrected chi connectivity index (χ3v) is 5.90. The van der Waals surface area contributed by atoms with Crippen molar-refractivity contribution in [2.24, 2.45) is 0 Å². The maximum absolute atomic E-state index is 9.80. The van der Waals surface area contributed by atoms with Crippen molar-refractivity contribution in [3.05, 3.63) is 34.6 Å². The zero-order chi connectivity index (χ0) is 22.2. The Bertz CT molecular complexity index is 1140. The van der Waals surface area contributed by atoms with Crippen molar-refractivity contribution in [2.75, 3.05) is 10.6 Å². The first-order valence-electron chi connectivity index (χ1n) is 10.4. The lowest BCUT2D eigenvalue weighted by atomic mass is 9.93. The van der Waals surface area contributed by atoms with Gasteiger partial charge in [-0.3, -0.25) is 0 Å². The van der Waals surface area contributed by atoms with Crippen molar-refractivity contribution in [1.82, 2.24) is 19.5 Å². The number of fused-ring (bicyclic) bond motifs is 1. The molecule has 0 unspecified atom stereocenters. The average Bonchev–Trinajstić information content (AvgIpc) is 3.14. The highest BCUT2D eigenvalue weighted by Gasteiger charge is 2.23. The number of nitrogens with zero attached hydrogens (tertiary/aromatic N) is 5. The van der Waals surface area contributed by atoms with E-state index in [2.05, 4.69) is 58.4 Å². The SMILES string of the molecule is CC(C)(C)n1cnc2c(Nc3cc(Br)cc(C#N)c3)nc(NC3CCC(O)CC3)nc21. The lowest BCUT2D eigenvalue weighted by Gasteiger charge is -2.26. The van der Waals surface area contributed by atoms with E-state index >= 15 is 0 Å². The van der Waals surface area contributed by atoms with Gasteiger partial charge in [-0.2, -0.15) is 15.2 Å². The maximum Gasteiger partial charge on any atom is 0.227 e. The summed E-state index contributed by atoms with van der Waals surface area (Å²) in [6, 6.07) is 7.82. The van der Waals surface area contributed by atoms with Gasteiger partial charge in [0.25, 0.3) is 0 Å². The molecular weight excluding hydrogens is 458 g/mol. The Morgan fingerprint density at radius 1 is 1.16 bits per heavy atom. The van der Waals surface area contributed by atoms with Crippen molar-refractivity contribution >= 4 is 44.5 Å². The number of imidazole rings is 1. The molecule has 0 aliphatic heterocycles. The second-order valence-corrected chi connectivity index (χ2v) is 9.88. The summed E-state index contributed by atoms with van der Waals surface area (Å²) in [5, 5.41) is 25.9. The van der Waals surface area contributed by atoms with E-state index in [4.69, 9.17) is 9.97 Å². The first-order valence-corrected chi connectivity index (χ1v) is 11.2. The van der Waals surface area contributed by atoms with Crippen molar-refractivity contribution in [2.45, 2.75) is 64.1 Å². The molecule has 3 N–H and O–H groups in total. The van der Waals surface area contributed by atoms with Gasteiger partial charge in [0.2, 0.25) is 5.95 Å². The van der Waals surface area contributed by atoms with Gasteiger partial charge < -0.3 is 20.3 Å². The number of halogens is 1. The zero-order valence-corrected chi connectivity index (χ0v) is 19.4. The monoisotopic (exact) mass is 483 g/mol. The fraction of sp³-hybridized carbons (Fsp3) is 0.455. The molecule has 31 heavy (non-hydrogen) atoms. The highest BCUT2D eigenvalue weighted by atomic mass is 79.9. The normalized spacial score (nSPS) is 19.2. The van der Waals surface area contributed by atoms with E-state index < -0.39 is 0 Å². The lowest BCUT2D eigenvalue weighted by Crippen LogP contribution is -2.29. The quantitative estimate of drug-likeness (QED) is 0.493. The number of aliphatic hydroxyl groups is 1. The fourth-order valence-corrected chi connectivity index (χ4v) is 4.30. The van der Waals surface area contributed by atoms with Crippen LogP contribution < -0.4 is 10.6 Å². The second-order valence-electron chi connectivity index (χ2n) is 8.97. The third-order valence-electron chi connectivity index (χ3n) is 5.44. The molecule has 0 radical (unpaired) electrons. The van der Waals surface area contributed by atoms with Gasteiger partial charge in [-0.05, 0) is 64.7 Å². The number of hydrogen-bond donors (Lipinski definition) is 3. The van der Waals surface area contributed by atoms with E-state index in [9.17, 15) is 10.4 Å². The molecule has 3 aromatic rings. The van der Waals surface area contributed by atoms with E-state index in [1.807, 2.05) is 10.6 Å². The van der Waals surface area contributed by atoms with Gasteiger partial charge in [0, 0.05) is 21.7 Å². The Balaban J connectivity index is 1.75. The predicted molar refractivity (Wildman–Crippen MR) is 124 cm³/mol. The van der Waals surface area contributed by atoms with Gasteiger partial charge in [-0.15, -0.1) is 0 Å². The number of anilines is 3. The second kappa shape index (κ2) is 8.44. The number of nitriles is 1. The summed E-state index contributed by atoms with van der Waals surface area (Å²) in [6.45, 7) is 6.31. The highest BCUT2D eigenvalue weighted by Crippen LogP contribution is 2.30. The Morgan fingerprint density at radius 2 is 1.90 bits per heavy atom. The molecule has 4 rings (SSSR count). The molecule has 1 aliphatic rings. The summed E-state index contributed by atoms with van der Waals surface area (Å²) in [5.74, 6) is 1.10. The van der Waals surface area contributed by atoms with E-state index in [1.165, 1.54) is 0 Å². The molecule has 2 aromatic heterocycles. The van der Waals surface area contributed by atoms with E-state index in [-0.39, 0.29) is 17.7 Å². The largest absolute Gasteiger partial charge is 0.393 e. The van der Waals surface area contributed by atoms with Crippen LogP contribution in [0.1, 0.15) is 52.0 Å². The van der Waals surface area contributed by atoms with E-state index in [1.54, 1.807) is 18.5 Å². The molecule has 1 saturated carbocycles. The number of rotatable bonds is 4. The lowest BCUT2D eigenvalue weighted by molar-refractivity contribution is 0.126. The molecule has 162 valence electrons. The average molecular weight is 484 g/mol. The summed E-state index contributed by atoms with van der Waals surface area (Å²) < 4.78 is 2.84. The van der Waals surface area contributed by atoms with Crippen LogP contribution >= 0.6 is 15.9 Å². The van der Waals surface area contributed by atoms with E-state index in [0.717, 1.165) is 41.5 Å². The summed E-state index contributed by atoms with van der Waals surface area (Å²) in [5.41, 5.74) is 2.48. The van der Waals surface area contributed by atoms with Crippen molar-refractivity contribution in [1.29, 1.82) is 5.26 Å². The Morgan fingerprint density at radius 3 is 2.58 bits per heavy atom. The standard InChI is InChI=1S/C22H26BrN7O/c1-22(2,3)30-12-25-18-19(26-16-9-13(11-24)8-14(23)10-16)28-21(29-20(18)30)27-15-4-6-17(31)7-5-15/h8-10,12,15,17,31H,4-7H2,1-3H3,(H2,26,27,28,29). The minimum absolute atomic E-state index is 0.198. The Labute approximate surface area is 189 Å². The minimum atomic E-state index is -0.216. The third kappa shape index (κ3) is 4.81. The van der Waals surface area contributed by atoms with Crippen LogP contribution in [-0.2, 0) is 5.54 Å². The molecule has 9 heteroatoms. The predicted octanol–water partition coefficient (Wildman–Crippen LogP) is 4.67. The topological polar surface area (TPSA) is 112 Å². The van der Waals surface area contributed by atoms with Crippen LogP contribution in [0.4, 0.5) is 17.5 Å². The molecule has 0 saturated heterocycles. The minimum Gasteiger partial charge on any atom is -0.393 e. The summed E-state index contributed by atoms with van der Waals surface area (Å²) in [4.78, 5) is 14.1. The number of aromatic nitrogens is 4. The van der Waals surface area contributed by atoms with Gasteiger partial charge in [-0.1, -0.05) is 15.9 Å². The van der Waals surface area contributed by atoms with Crippen LogP contribution in [-0.4, -0.2) is 36.8 Å². The molecule has 0 amide bonds. The Kier molecular flexibility index (Phi) is 5.86. The molecule has 1 fully saturated rings. The highest BCUT2D eigenvalue weighted by molar-refractivity contribution is 9.10. The van der Waals surface area contributed by atoms with Gasteiger partial charge in [0.05, 0.1) is 24.1 Å². The van der Waals surface area contributed by atoms with Crippen LogP contribution in [0.3, 0.4) is 0 Å². The van der Waals surface area contributed by atoms with Gasteiger partial charge in [0.15, 0.2) is 17.0 Å². The number of nitrogens with one attached hydrogen (secondary N) is 2. The van der Waals surface area contributed by atoms with Crippen LogP contribution in [0, 0.1) is 11.3 Å². The molecule has 0 spiro atoms. The van der Waals surface area contributed by atoms with Gasteiger partial charge in [-0.25, -0.2) is 4.98 Å². The molecule has 2 heterocycles. The molecule has 8 nitrogen and oxygen atoms in total. The number of aliphatic hydroxyl groups excluding tert-OH is 1. The molecule has 0 atom stereocenters. The van der Waals surface area contributed by atoms with Crippen LogP contribution in [0.5, 0.6) is 0 Å². The number of hydrogen-bond acceptors (Lipinski definition) is 7. The molecular formula is C22H26BrN7O. The molecule has 1 aliphatic carbocycles. The Hall–Kier alpha value is -2.70. The summed E-state index contributed by atoms with van der Waals surface area (Å²) >= 11 is 3.46. The molecule has 0 bridgehead atoms. The first kappa shape index (κ1) is 21.5. The van der Waals surface area contributed by atoms with Crippen LogP contribution in [0.15, 0.2) is 29.0 Å². The van der Waals surface area contributed by atoms with Gasteiger partial charge >= 0.3 is 0 Å². The van der Waals surface area contributed by atoms with Crippen molar-refractivity contribution in [3.63, 3.8) is 0 Å². The fourth-order valence-electron chi connectivity index (χ4n) is 3.81. The molecule has 1 aromatic carbocycles. The van der Waals surface area contributed by atoms with Crippen molar-refractivity contribution < 1.29 is 5.11 Å². The maximum atomic E-state index is 9.80.